The fourth-order valence-corrected chi connectivity index (χ4v) is 2.25. The molecule has 0 aliphatic rings. The molecule has 5 heteroatoms. The molecule has 1 aromatic heterocycles. The van der Waals surface area contributed by atoms with Crippen LogP contribution in [0.5, 0.6) is 0 Å². The normalized spacial score (nSPS) is 11.4. The Morgan fingerprint density at radius 3 is 2.78 bits per heavy atom. The summed E-state index contributed by atoms with van der Waals surface area (Å²) in [5.74, 6) is 1.08. The molecule has 0 saturated carbocycles. The van der Waals surface area contributed by atoms with Crippen LogP contribution in [0.3, 0.4) is 0 Å². The molecule has 0 saturated heterocycles. The summed E-state index contributed by atoms with van der Waals surface area (Å²) in [6.45, 7) is 0.785. The van der Waals surface area contributed by atoms with Crippen molar-refractivity contribution in [2.75, 3.05) is 19.4 Å². The Labute approximate surface area is 115 Å². The van der Waals surface area contributed by atoms with Crippen LogP contribution in [0, 0.1) is 0 Å². The zero-order valence-electron chi connectivity index (χ0n) is 10.8. The summed E-state index contributed by atoms with van der Waals surface area (Å²) >= 11 is 3.19. The molecule has 0 aliphatic carbocycles. The third kappa shape index (κ3) is 2.47. The number of aromatic nitrogens is 2. The molecule has 0 spiro atoms. The zero-order chi connectivity index (χ0) is 13.3. The molecule has 0 unspecified atom stereocenters. The van der Waals surface area contributed by atoms with Crippen molar-refractivity contribution in [2.45, 2.75) is 6.54 Å². The summed E-state index contributed by atoms with van der Waals surface area (Å²) in [5, 5.41) is 0.343. The van der Waals surface area contributed by atoms with E-state index in [0.29, 0.717) is 10.9 Å². The van der Waals surface area contributed by atoms with E-state index in [1.165, 1.54) is 0 Å². The number of benzene rings is 1. The Morgan fingerprint density at radius 2 is 2.17 bits per heavy atom. The van der Waals surface area contributed by atoms with E-state index in [4.69, 9.17) is 0 Å². The second kappa shape index (κ2) is 5.20. The molecule has 0 amide bonds. The van der Waals surface area contributed by atoms with Crippen LogP contribution in [-0.4, -0.2) is 39.7 Å². The van der Waals surface area contributed by atoms with Gasteiger partial charge in [0.05, 0.1) is 22.9 Å². The molecule has 4 nitrogen and oxygen atoms in total. The highest BCUT2D eigenvalue weighted by Crippen LogP contribution is 2.18. The second-order valence-corrected chi connectivity index (χ2v) is 5.15. The predicted molar refractivity (Wildman–Crippen MR) is 76.2 cm³/mol. The van der Waals surface area contributed by atoms with E-state index in [0.717, 1.165) is 23.4 Å². The molecule has 1 aromatic carbocycles. The smallest absolute Gasteiger partial charge is 0.173 e. The SMILES string of the molecule is CN(C)Cc1nc2cc(C(=O)CBr)ccc2n1C. The summed E-state index contributed by atoms with van der Waals surface area (Å²) in [6, 6.07) is 5.67. The first-order chi connectivity index (χ1) is 8.52. The van der Waals surface area contributed by atoms with Gasteiger partial charge in [-0.15, -0.1) is 0 Å². The van der Waals surface area contributed by atoms with Crippen molar-refractivity contribution < 1.29 is 4.79 Å². The van der Waals surface area contributed by atoms with Gasteiger partial charge in [-0.1, -0.05) is 15.9 Å². The molecule has 2 rings (SSSR count). The van der Waals surface area contributed by atoms with Gasteiger partial charge in [0.15, 0.2) is 5.78 Å². The van der Waals surface area contributed by atoms with Crippen LogP contribution in [0.15, 0.2) is 18.2 Å². The summed E-state index contributed by atoms with van der Waals surface area (Å²) < 4.78 is 2.07. The minimum Gasteiger partial charge on any atom is -0.330 e. The summed E-state index contributed by atoms with van der Waals surface area (Å²) in [6.07, 6.45) is 0. The number of halogens is 1. The number of hydrogen-bond acceptors (Lipinski definition) is 3. The monoisotopic (exact) mass is 309 g/mol. The van der Waals surface area contributed by atoms with E-state index in [1.54, 1.807) is 0 Å². The molecule has 0 fully saturated rings. The Hall–Kier alpha value is -1.20. The van der Waals surface area contributed by atoms with Crippen LogP contribution in [0.1, 0.15) is 16.2 Å². The van der Waals surface area contributed by atoms with Crippen molar-refractivity contribution in [3.8, 4) is 0 Å². The molecule has 1 heterocycles. The minimum atomic E-state index is 0.0803. The lowest BCUT2D eigenvalue weighted by Crippen LogP contribution is -2.14. The van der Waals surface area contributed by atoms with Gasteiger partial charge < -0.3 is 9.47 Å². The van der Waals surface area contributed by atoms with E-state index in [-0.39, 0.29) is 5.78 Å². The van der Waals surface area contributed by atoms with Crippen LogP contribution >= 0.6 is 15.9 Å². The summed E-state index contributed by atoms with van der Waals surface area (Å²) in [4.78, 5) is 18.3. The number of nitrogens with zero attached hydrogens (tertiary/aromatic N) is 3. The average Bonchev–Trinajstić information content (AvgIpc) is 2.64. The van der Waals surface area contributed by atoms with Crippen LogP contribution < -0.4 is 0 Å². The molecule has 96 valence electrons. The highest BCUT2D eigenvalue weighted by Gasteiger charge is 2.11. The summed E-state index contributed by atoms with van der Waals surface area (Å²) in [7, 11) is 6.03. The standard InChI is InChI=1S/C13H16BrN3O/c1-16(2)8-13-15-10-6-9(12(18)7-14)4-5-11(10)17(13)3/h4-6H,7-8H2,1-3H3. The molecule has 18 heavy (non-hydrogen) atoms. The fourth-order valence-electron chi connectivity index (χ4n) is 1.92. The van der Waals surface area contributed by atoms with Crippen LogP contribution in [0.4, 0.5) is 0 Å². The lowest BCUT2D eigenvalue weighted by molar-refractivity contribution is 0.102. The number of ketones is 1. The predicted octanol–water partition coefficient (Wildman–Crippen LogP) is 2.21. The Morgan fingerprint density at radius 1 is 1.44 bits per heavy atom. The van der Waals surface area contributed by atoms with Crippen molar-refractivity contribution in [1.82, 2.24) is 14.5 Å². The van der Waals surface area contributed by atoms with Gasteiger partial charge in [-0.3, -0.25) is 4.79 Å². The zero-order valence-corrected chi connectivity index (χ0v) is 12.4. The van der Waals surface area contributed by atoms with Gasteiger partial charge in [0.2, 0.25) is 0 Å². The maximum atomic E-state index is 11.6. The van der Waals surface area contributed by atoms with Gasteiger partial charge in [-0.05, 0) is 32.3 Å². The van der Waals surface area contributed by atoms with E-state index >= 15 is 0 Å². The highest BCUT2D eigenvalue weighted by molar-refractivity contribution is 9.09. The Kier molecular flexibility index (Phi) is 3.82. The maximum absolute atomic E-state index is 11.6. The van der Waals surface area contributed by atoms with E-state index in [1.807, 2.05) is 39.3 Å². The highest BCUT2D eigenvalue weighted by atomic mass is 79.9. The number of carbonyl (C=O) groups excluding carboxylic acids is 1. The number of hydrogen-bond donors (Lipinski definition) is 0. The van der Waals surface area contributed by atoms with Gasteiger partial charge in [-0.2, -0.15) is 0 Å². The van der Waals surface area contributed by atoms with Crippen molar-refractivity contribution in [1.29, 1.82) is 0 Å². The number of rotatable bonds is 4. The topological polar surface area (TPSA) is 38.1 Å². The first-order valence-electron chi connectivity index (χ1n) is 5.72. The fraction of sp³-hybridized carbons (Fsp3) is 0.385. The first-order valence-corrected chi connectivity index (χ1v) is 6.84. The molecule has 0 N–H and O–H groups in total. The Bertz CT molecular complexity index is 589. The molecule has 0 bridgehead atoms. The molecule has 2 aromatic rings. The van der Waals surface area contributed by atoms with Gasteiger partial charge in [0, 0.05) is 12.6 Å². The largest absolute Gasteiger partial charge is 0.330 e. The third-order valence-electron chi connectivity index (χ3n) is 2.87. The molecular formula is C13H16BrN3O. The maximum Gasteiger partial charge on any atom is 0.173 e. The average molecular weight is 310 g/mol. The van der Waals surface area contributed by atoms with Crippen LogP contribution in [-0.2, 0) is 13.6 Å². The van der Waals surface area contributed by atoms with E-state index in [2.05, 4.69) is 30.4 Å². The van der Waals surface area contributed by atoms with Crippen molar-refractivity contribution >= 4 is 32.7 Å². The summed E-state index contributed by atoms with van der Waals surface area (Å²) in [5.41, 5.74) is 2.63. The number of Topliss-reactive ketones (excluding diaryl/α,β-unsaturated/α-hetero) is 1. The van der Waals surface area contributed by atoms with E-state index < -0.39 is 0 Å². The molecular weight excluding hydrogens is 294 g/mol. The second-order valence-electron chi connectivity index (χ2n) is 4.59. The lowest BCUT2D eigenvalue weighted by Gasteiger charge is -2.08. The van der Waals surface area contributed by atoms with Gasteiger partial charge >= 0.3 is 0 Å². The Balaban J connectivity index is 2.48. The number of imidazole rings is 1. The minimum absolute atomic E-state index is 0.0803. The first kappa shape index (κ1) is 13.2. The number of alkyl halides is 1. The van der Waals surface area contributed by atoms with E-state index in [9.17, 15) is 4.79 Å². The molecule has 0 atom stereocenters. The molecule has 0 radical (unpaired) electrons. The van der Waals surface area contributed by atoms with Crippen molar-refractivity contribution in [2.24, 2.45) is 7.05 Å². The molecule has 0 aliphatic heterocycles. The lowest BCUT2D eigenvalue weighted by atomic mass is 10.1. The number of carbonyl (C=O) groups is 1. The van der Waals surface area contributed by atoms with Gasteiger partial charge in [-0.25, -0.2) is 4.98 Å². The van der Waals surface area contributed by atoms with Gasteiger partial charge in [0.25, 0.3) is 0 Å². The quantitative estimate of drug-likeness (QED) is 0.642. The van der Waals surface area contributed by atoms with Crippen molar-refractivity contribution in [3.63, 3.8) is 0 Å². The third-order valence-corrected chi connectivity index (χ3v) is 3.38. The van der Waals surface area contributed by atoms with Crippen molar-refractivity contribution in [3.05, 3.63) is 29.6 Å². The number of aryl methyl sites for hydroxylation is 1. The van der Waals surface area contributed by atoms with Gasteiger partial charge in [0.1, 0.15) is 5.82 Å². The number of fused-ring (bicyclic) bond motifs is 1. The van der Waals surface area contributed by atoms with Crippen LogP contribution in [0.25, 0.3) is 11.0 Å². The van der Waals surface area contributed by atoms with Crippen LogP contribution in [0.2, 0.25) is 0 Å².